The summed E-state index contributed by atoms with van der Waals surface area (Å²) >= 11 is 0. The Labute approximate surface area is 158 Å². The second-order valence-electron chi connectivity index (χ2n) is 6.16. The van der Waals surface area contributed by atoms with Gasteiger partial charge in [0, 0.05) is 24.3 Å². The summed E-state index contributed by atoms with van der Waals surface area (Å²) in [4.78, 5) is 24.0. The van der Waals surface area contributed by atoms with Crippen LogP contribution >= 0.6 is 0 Å². The molecule has 0 saturated carbocycles. The van der Waals surface area contributed by atoms with E-state index in [1.165, 1.54) is 35.7 Å². The number of amides is 1. The van der Waals surface area contributed by atoms with Crippen LogP contribution in [-0.2, 0) is 14.8 Å². The molecule has 0 aromatic heterocycles. The van der Waals surface area contributed by atoms with Crippen LogP contribution in [0, 0.1) is 0 Å². The van der Waals surface area contributed by atoms with Crippen LogP contribution in [-0.4, -0.2) is 44.8 Å². The number of methoxy groups -OCH3 is 1. The zero-order valence-electron chi connectivity index (χ0n) is 14.8. The average Bonchev–Trinajstić information content (AvgIpc) is 3.24. The summed E-state index contributed by atoms with van der Waals surface area (Å²) in [5, 5.41) is 2.69. The Balaban J connectivity index is 1.76. The standard InChI is InChI=1S/C19H20N2O5S/c1-26-19(23)14-7-9-16(10-8-14)20-18(22)15-5-4-6-17(13-15)27(24,25)21-11-2-3-12-21/h4-10,13H,2-3,11-12H2,1H3,(H,20,22). The number of carbonyl (C=O) groups excluding carboxylic acids is 2. The third-order valence-corrected chi connectivity index (χ3v) is 6.26. The van der Waals surface area contributed by atoms with E-state index in [4.69, 9.17) is 0 Å². The van der Waals surface area contributed by atoms with Gasteiger partial charge in [-0.05, 0) is 55.3 Å². The molecular weight excluding hydrogens is 368 g/mol. The molecule has 0 unspecified atom stereocenters. The van der Waals surface area contributed by atoms with Crippen LogP contribution in [0.25, 0.3) is 0 Å². The number of benzene rings is 2. The molecule has 27 heavy (non-hydrogen) atoms. The van der Waals surface area contributed by atoms with Crippen LogP contribution in [0.5, 0.6) is 0 Å². The molecular formula is C19H20N2O5S. The lowest BCUT2D eigenvalue weighted by molar-refractivity contribution is 0.0600. The molecule has 8 heteroatoms. The zero-order valence-corrected chi connectivity index (χ0v) is 15.7. The molecule has 1 N–H and O–H groups in total. The minimum absolute atomic E-state index is 0.109. The molecule has 1 heterocycles. The predicted octanol–water partition coefficient (Wildman–Crippen LogP) is 2.51. The van der Waals surface area contributed by atoms with E-state index in [1.54, 1.807) is 24.3 Å². The van der Waals surface area contributed by atoms with Gasteiger partial charge in [0.25, 0.3) is 5.91 Å². The number of anilines is 1. The van der Waals surface area contributed by atoms with Crippen LogP contribution in [0.2, 0.25) is 0 Å². The van der Waals surface area contributed by atoms with Crippen molar-refractivity contribution in [1.82, 2.24) is 4.31 Å². The fourth-order valence-corrected chi connectivity index (χ4v) is 4.45. The fourth-order valence-electron chi connectivity index (χ4n) is 2.89. The minimum Gasteiger partial charge on any atom is -0.465 e. The van der Waals surface area contributed by atoms with Crippen molar-refractivity contribution in [3.05, 3.63) is 59.7 Å². The molecule has 0 bridgehead atoms. The molecule has 7 nitrogen and oxygen atoms in total. The summed E-state index contributed by atoms with van der Waals surface area (Å²) in [7, 11) is -2.29. The zero-order chi connectivity index (χ0) is 19.4. The number of esters is 1. The van der Waals surface area contributed by atoms with Crippen LogP contribution in [0.15, 0.2) is 53.4 Å². The number of sulfonamides is 1. The summed E-state index contributed by atoms with van der Waals surface area (Å²) < 4.78 is 31.4. The van der Waals surface area contributed by atoms with Gasteiger partial charge >= 0.3 is 5.97 Å². The summed E-state index contributed by atoms with van der Waals surface area (Å²) in [5.74, 6) is -0.896. The summed E-state index contributed by atoms with van der Waals surface area (Å²) in [6.07, 6.45) is 1.70. The van der Waals surface area contributed by atoms with E-state index in [-0.39, 0.29) is 10.5 Å². The highest BCUT2D eigenvalue weighted by atomic mass is 32.2. The lowest BCUT2D eigenvalue weighted by Gasteiger charge is -2.16. The monoisotopic (exact) mass is 388 g/mol. The highest BCUT2D eigenvalue weighted by Crippen LogP contribution is 2.22. The molecule has 1 aliphatic heterocycles. The predicted molar refractivity (Wildman–Crippen MR) is 100 cm³/mol. The Morgan fingerprint density at radius 3 is 2.30 bits per heavy atom. The van der Waals surface area contributed by atoms with Crippen LogP contribution < -0.4 is 5.32 Å². The maximum atomic E-state index is 12.6. The van der Waals surface area contributed by atoms with Gasteiger partial charge in [-0.2, -0.15) is 4.31 Å². The molecule has 1 aliphatic rings. The summed E-state index contributed by atoms with van der Waals surface area (Å²) in [6.45, 7) is 1.01. The molecule has 1 saturated heterocycles. The highest BCUT2D eigenvalue weighted by molar-refractivity contribution is 7.89. The van der Waals surface area contributed by atoms with Crippen molar-refractivity contribution in [3.63, 3.8) is 0 Å². The largest absolute Gasteiger partial charge is 0.465 e. The smallest absolute Gasteiger partial charge is 0.337 e. The highest BCUT2D eigenvalue weighted by Gasteiger charge is 2.27. The molecule has 142 valence electrons. The first kappa shape index (κ1) is 19.1. The van der Waals surface area contributed by atoms with E-state index in [0.29, 0.717) is 24.3 Å². The molecule has 2 aromatic rings. The first-order chi connectivity index (χ1) is 12.9. The van der Waals surface area contributed by atoms with Gasteiger partial charge in [0.15, 0.2) is 0 Å². The van der Waals surface area contributed by atoms with Crippen LogP contribution in [0.3, 0.4) is 0 Å². The van der Waals surface area contributed by atoms with Gasteiger partial charge in [0.05, 0.1) is 17.6 Å². The molecule has 2 aromatic carbocycles. The number of rotatable bonds is 5. The Morgan fingerprint density at radius 2 is 1.67 bits per heavy atom. The second kappa shape index (κ2) is 7.89. The lowest BCUT2D eigenvalue weighted by Crippen LogP contribution is -2.28. The maximum Gasteiger partial charge on any atom is 0.337 e. The maximum absolute atomic E-state index is 12.6. The third kappa shape index (κ3) is 4.17. The van der Waals surface area contributed by atoms with E-state index in [0.717, 1.165) is 12.8 Å². The quantitative estimate of drug-likeness (QED) is 0.795. The molecule has 0 atom stereocenters. The molecule has 3 rings (SSSR count). The number of nitrogens with one attached hydrogen (secondary N) is 1. The van der Waals surface area contributed by atoms with E-state index >= 15 is 0 Å². The number of hydrogen-bond donors (Lipinski definition) is 1. The van der Waals surface area contributed by atoms with E-state index in [2.05, 4.69) is 10.1 Å². The first-order valence-electron chi connectivity index (χ1n) is 8.52. The number of ether oxygens (including phenoxy) is 1. The van der Waals surface area contributed by atoms with Gasteiger partial charge in [-0.25, -0.2) is 13.2 Å². The average molecular weight is 388 g/mol. The van der Waals surface area contributed by atoms with Gasteiger partial charge in [-0.15, -0.1) is 0 Å². The third-order valence-electron chi connectivity index (χ3n) is 4.36. The molecule has 0 aliphatic carbocycles. The van der Waals surface area contributed by atoms with Crippen molar-refractivity contribution < 1.29 is 22.7 Å². The topological polar surface area (TPSA) is 92.8 Å². The SMILES string of the molecule is COC(=O)c1ccc(NC(=O)c2cccc(S(=O)(=O)N3CCCC3)c2)cc1. The van der Waals surface area contributed by atoms with Crippen molar-refractivity contribution in [2.75, 3.05) is 25.5 Å². The number of carbonyl (C=O) groups is 2. The number of hydrogen-bond acceptors (Lipinski definition) is 5. The van der Waals surface area contributed by atoms with Gasteiger partial charge in [0.1, 0.15) is 0 Å². The van der Waals surface area contributed by atoms with Crippen molar-refractivity contribution in [2.24, 2.45) is 0 Å². The van der Waals surface area contributed by atoms with Gasteiger partial charge in [-0.3, -0.25) is 4.79 Å². The molecule has 1 fully saturated rings. The normalized spacial score (nSPS) is 14.7. The van der Waals surface area contributed by atoms with E-state index in [9.17, 15) is 18.0 Å². The fraction of sp³-hybridized carbons (Fsp3) is 0.263. The van der Waals surface area contributed by atoms with Gasteiger partial charge in [0.2, 0.25) is 10.0 Å². The van der Waals surface area contributed by atoms with E-state index in [1.807, 2.05) is 0 Å². The molecule has 1 amide bonds. The first-order valence-corrected chi connectivity index (χ1v) is 9.96. The summed E-state index contributed by atoms with van der Waals surface area (Å²) in [5.41, 5.74) is 1.10. The lowest BCUT2D eigenvalue weighted by atomic mass is 10.2. The Hall–Kier alpha value is -2.71. The Bertz CT molecular complexity index is 948. The van der Waals surface area contributed by atoms with Crippen molar-refractivity contribution >= 4 is 27.6 Å². The van der Waals surface area contributed by atoms with Crippen molar-refractivity contribution in [3.8, 4) is 0 Å². The van der Waals surface area contributed by atoms with Crippen molar-refractivity contribution in [2.45, 2.75) is 17.7 Å². The molecule has 0 spiro atoms. The Morgan fingerprint density at radius 1 is 1.00 bits per heavy atom. The van der Waals surface area contributed by atoms with Gasteiger partial charge in [-0.1, -0.05) is 6.07 Å². The molecule has 0 radical (unpaired) electrons. The van der Waals surface area contributed by atoms with E-state index < -0.39 is 21.9 Å². The van der Waals surface area contributed by atoms with Gasteiger partial charge < -0.3 is 10.1 Å². The Kier molecular flexibility index (Phi) is 5.57. The van der Waals surface area contributed by atoms with Crippen LogP contribution in [0.1, 0.15) is 33.6 Å². The second-order valence-corrected chi connectivity index (χ2v) is 8.10. The summed E-state index contributed by atoms with van der Waals surface area (Å²) in [6, 6.07) is 12.2. The van der Waals surface area contributed by atoms with Crippen molar-refractivity contribution in [1.29, 1.82) is 0 Å². The van der Waals surface area contributed by atoms with Crippen LogP contribution in [0.4, 0.5) is 5.69 Å². The number of nitrogens with zero attached hydrogens (tertiary/aromatic N) is 1. The minimum atomic E-state index is -3.58.